The Kier molecular flexibility index (Phi) is 6.67. The van der Waals surface area contributed by atoms with Crippen LogP contribution in [0, 0.1) is 0 Å². The maximum atomic E-state index is 12.7. The molecule has 9 nitrogen and oxygen atoms in total. The zero-order chi connectivity index (χ0) is 24.0. The summed E-state index contributed by atoms with van der Waals surface area (Å²) in [7, 11) is 1.63. The van der Waals surface area contributed by atoms with Crippen LogP contribution in [0.4, 0.5) is 0 Å². The molecule has 0 radical (unpaired) electrons. The first kappa shape index (κ1) is 22.5. The lowest BCUT2D eigenvalue weighted by Crippen LogP contribution is -2.47. The lowest BCUT2D eigenvalue weighted by Gasteiger charge is -2.33. The number of para-hydroxylation sites is 1. The molecule has 0 bridgehead atoms. The summed E-state index contributed by atoms with van der Waals surface area (Å²) >= 11 is 0. The van der Waals surface area contributed by atoms with Crippen LogP contribution in [0.2, 0.25) is 0 Å². The Labute approximate surface area is 203 Å². The third-order valence-electron chi connectivity index (χ3n) is 5.90. The number of carbonyl (C=O) groups is 1. The van der Waals surface area contributed by atoms with Crippen LogP contribution in [-0.4, -0.2) is 68.9 Å². The molecule has 1 saturated heterocycles. The number of carbonyl (C=O) groups excluding carboxylic acids is 1. The van der Waals surface area contributed by atoms with Crippen molar-refractivity contribution >= 4 is 12.0 Å². The van der Waals surface area contributed by atoms with E-state index in [1.807, 2.05) is 65.7 Å². The molecule has 0 aliphatic carbocycles. The first-order chi connectivity index (χ1) is 17.2. The van der Waals surface area contributed by atoms with Gasteiger partial charge < -0.3 is 14.2 Å². The van der Waals surface area contributed by atoms with Crippen LogP contribution in [0.15, 0.2) is 77.6 Å². The third kappa shape index (κ3) is 5.47. The molecular formula is C26H26N6O3. The lowest BCUT2D eigenvalue weighted by molar-refractivity contribution is -0.127. The highest BCUT2D eigenvalue weighted by Crippen LogP contribution is 2.20. The van der Waals surface area contributed by atoms with E-state index in [1.54, 1.807) is 30.1 Å². The highest BCUT2D eigenvalue weighted by Gasteiger charge is 2.21. The Hall–Kier alpha value is -4.24. The predicted molar refractivity (Wildman–Crippen MR) is 131 cm³/mol. The van der Waals surface area contributed by atoms with E-state index in [-0.39, 0.29) is 5.91 Å². The smallest absolute Gasteiger partial charge is 0.246 e. The van der Waals surface area contributed by atoms with Crippen LogP contribution in [0.3, 0.4) is 0 Å². The van der Waals surface area contributed by atoms with E-state index in [2.05, 4.69) is 20.1 Å². The molecule has 2 aromatic carbocycles. The van der Waals surface area contributed by atoms with Crippen molar-refractivity contribution in [3.8, 4) is 22.8 Å². The van der Waals surface area contributed by atoms with Crippen molar-refractivity contribution in [2.24, 2.45) is 0 Å². The van der Waals surface area contributed by atoms with E-state index in [0.717, 1.165) is 35.7 Å². The fourth-order valence-electron chi connectivity index (χ4n) is 3.91. The molecule has 1 aliphatic rings. The van der Waals surface area contributed by atoms with Gasteiger partial charge in [0.2, 0.25) is 17.6 Å². The average molecular weight is 471 g/mol. The van der Waals surface area contributed by atoms with Gasteiger partial charge in [-0.1, -0.05) is 23.4 Å². The fraction of sp³-hybridized carbons (Fsp3) is 0.231. The normalized spacial score (nSPS) is 14.5. The standard InChI is InChI=1S/C26H26N6O3/c1-34-23-10-8-21(9-11-23)26-28-24(35-29-26)19-30-13-15-31(16-14-30)25(33)12-7-20-17-27-32(18-20)22-5-3-2-4-6-22/h2-12,17-18H,13-16,19H2,1H3/b12-7+. The second-order valence-electron chi connectivity index (χ2n) is 8.23. The average Bonchev–Trinajstić information content (AvgIpc) is 3.58. The Morgan fingerprint density at radius 2 is 1.83 bits per heavy atom. The highest BCUT2D eigenvalue weighted by atomic mass is 16.5. The van der Waals surface area contributed by atoms with Crippen molar-refractivity contribution in [3.05, 3.63) is 84.5 Å². The molecule has 1 amide bonds. The van der Waals surface area contributed by atoms with Gasteiger partial charge in [-0.05, 0) is 42.5 Å². The van der Waals surface area contributed by atoms with Gasteiger partial charge in [0.25, 0.3) is 0 Å². The van der Waals surface area contributed by atoms with Gasteiger partial charge in [0.05, 0.1) is 25.5 Å². The second kappa shape index (κ2) is 10.4. The Bertz CT molecular complexity index is 1290. The Morgan fingerprint density at radius 3 is 2.57 bits per heavy atom. The SMILES string of the molecule is COc1ccc(-c2noc(CN3CCN(C(=O)/C=C/c4cnn(-c5ccccc5)c4)CC3)n2)cc1. The van der Waals surface area contributed by atoms with E-state index in [9.17, 15) is 4.79 Å². The second-order valence-corrected chi connectivity index (χ2v) is 8.23. The van der Waals surface area contributed by atoms with Crippen LogP contribution >= 0.6 is 0 Å². The molecule has 178 valence electrons. The summed E-state index contributed by atoms with van der Waals surface area (Å²) in [6.07, 6.45) is 7.07. The number of benzene rings is 2. The summed E-state index contributed by atoms with van der Waals surface area (Å²) in [5.41, 5.74) is 2.73. The summed E-state index contributed by atoms with van der Waals surface area (Å²) in [5, 5.41) is 8.45. The molecule has 0 spiro atoms. The molecular weight excluding hydrogens is 444 g/mol. The number of rotatable bonds is 7. The minimum atomic E-state index is -0.00306. The fourth-order valence-corrected chi connectivity index (χ4v) is 3.91. The van der Waals surface area contributed by atoms with Crippen LogP contribution in [-0.2, 0) is 11.3 Å². The summed E-state index contributed by atoms with van der Waals surface area (Å²) in [6.45, 7) is 3.33. The molecule has 4 aromatic rings. The van der Waals surface area contributed by atoms with Crippen molar-refractivity contribution in [1.29, 1.82) is 0 Å². The number of amides is 1. The highest BCUT2D eigenvalue weighted by molar-refractivity contribution is 5.91. The van der Waals surface area contributed by atoms with Gasteiger partial charge in [-0.25, -0.2) is 4.68 Å². The summed E-state index contributed by atoms with van der Waals surface area (Å²) in [5.74, 6) is 1.89. The van der Waals surface area contributed by atoms with E-state index in [1.165, 1.54) is 0 Å². The number of nitrogens with zero attached hydrogens (tertiary/aromatic N) is 6. The minimum Gasteiger partial charge on any atom is -0.497 e. The number of hydrogen-bond acceptors (Lipinski definition) is 7. The van der Waals surface area contributed by atoms with Crippen molar-refractivity contribution < 1.29 is 14.1 Å². The summed E-state index contributed by atoms with van der Waals surface area (Å²) in [6, 6.07) is 17.4. The first-order valence-electron chi connectivity index (χ1n) is 11.4. The monoisotopic (exact) mass is 470 g/mol. The lowest BCUT2D eigenvalue weighted by atomic mass is 10.2. The van der Waals surface area contributed by atoms with Crippen molar-refractivity contribution in [1.82, 2.24) is 29.7 Å². The number of methoxy groups -OCH3 is 1. The zero-order valence-corrected chi connectivity index (χ0v) is 19.4. The van der Waals surface area contributed by atoms with Crippen molar-refractivity contribution in [3.63, 3.8) is 0 Å². The van der Waals surface area contributed by atoms with Gasteiger partial charge in [-0.2, -0.15) is 10.1 Å². The molecule has 1 aliphatic heterocycles. The summed E-state index contributed by atoms with van der Waals surface area (Å²) < 4.78 is 12.4. The molecule has 3 heterocycles. The first-order valence-corrected chi connectivity index (χ1v) is 11.4. The molecule has 0 saturated carbocycles. The van der Waals surface area contributed by atoms with Crippen molar-refractivity contribution in [2.45, 2.75) is 6.54 Å². The number of piperazine rings is 1. The number of aromatic nitrogens is 4. The van der Waals surface area contributed by atoms with Gasteiger partial charge in [-0.15, -0.1) is 0 Å². The van der Waals surface area contributed by atoms with E-state index < -0.39 is 0 Å². The number of ether oxygens (including phenoxy) is 1. The topological polar surface area (TPSA) is 89.5 Å². The van der Waals surface area contributed by atoms with E-state index in [4.69, 9.17) is 9.26 Å². The Balaban J connectivity index is 1.11. The van der Waals surface area contributed by atoms with Crippen LogP contribution in [0.25, 0.3) is 23.2 Å². The van der Waals surface area contributed by atoms with Gasteiger partial charge in [0.1, 0.15) is 5.75 Å². The van der Waals surface area contributed by atoms with Gasteiger partial charge in [0, 0.05) is 49.6 Å². The molecule has 0 atom stereocenters. The summed E-state index contributed by atoms with van der Waals surface area (Å²) in [4.78, 5) is 21.2. The predicted octanol–water partition coefficient (Wildman–Crippen LogP) is 3.29. The Morgan fingerprint density at radius 1 is 1.06 bits per heavy atom. The third-order valence-corrected chi connectivity index (χ3v) is 5.90. The van der Waals surface area contributed by atoms with Gasteiger partial charge >= 0.3 is 0 Å². The molecule has 35 heavy (non-hydrogen) atoms. The molecule has 5 rings (SSSR count). The quantitative estimate of drug-likeness (QED) is 0.383. The maximum absolute atomic E-state index is 12.7. The molecule has 2 aromatic heterocycles. The van der Waals surface area contributed by atoms with Crippen LogP contribution < -0.4 is 4.74 Å². The van der Waals surface area contributed by atoms with Gasteiger partial charge in [-0.3, -0.25) is 9.69 Å². The van der Waals surface area contributed by atoms with Crippen LogP contribution in [0.1, 0.15) is 11.5 Å². The van der Waals surface area contributed by atoms with E-state index in [0.29, 0.717) is 31.3 Å². The van der Waals surface area contributed by atoms with E-state index >= 15 is 0 Å². The minimum absolute atomic E-state index is 0.00306. The largest absolute Gasteiger partial charge is 0.497 e. The number of hydrogen-bond donors (Lipinski definition) is 0. The maximum Gasteiger partial charge on any atom is 0.246 e. The zero-order valence-electron chi connectivity index (χ0n) is 19.4. The van der Waals surface area contributed by atoms with Crippen LogP contribution in [0.5, 0.6) is 5.75 Å². The molecule has 0 N–H and O–H groups in total. The van der Waals surface area contributed by atoms with Gasteiger partial charge in [0.15, 0.2) is 0 Å². The molecule has 1 fully saturated rings. The molecule has 0 unspecified atom stereocenters. The van der Waals surface area contributed by atoms with Crippen molar-refractivity contribution in [2.75, 3.05) is 33.3 Å². The molecule has 9 heteroatoms.